The Morgan fingerprint density at radius 3 is 1.77 bits per heavy atom. The van der Waals surface area contributed by atoms with Crippen LogP contribution in [-0.2, 0) is 6.42 Å². The number of hydrogen-bond donors (Lipinski definition) is 0. The summed E-state index contributed by atoms with van der Waals surface area (Å²) in [6, 6.07) is 32.6. The maximum absolute atomic E-state index is 9.61. The van der Waals surface area contributed by atoms with Gasteiger partial charge < -0.3 is 0 Å². The molecule has 0 bridgehead atoms. The van der Waals surface area contributed by atoms with E-state index < -0.39 is 0 Å². The van der Waals surface area contributed by atoms with Crippen molar-refractivity contribution in [3.63, 3.8) is 0 Å². The Balaban J connectivity index is 1.78. The van der Waals surface area contributed by atoms with Gasteiger partial charge in [0.2, 0.25) is 0 Å². The molecule has 26 heavy (non-hydrogen) atoms. The lowest BCUT2D eigenvalue weighted by molar-refractivity contribution is 0.676. The average molecular weight is 338 g/mol. The van der Waals surface area contributed by atoms with Crippen molar-refractivity contribution in [2.45, 2.75) is 25.3 Å². The summed E-state index contributed by atoms with van der Waals surface area (Å²) in [6.45, 7) is 0. The molecular weight excluding hydrogens is 316 g/mol. The van der Waals surface area contributed by atoms with E-state index in [4.69, 9.17) is 4.99 Å². The highest BCUT2D eigenvalue weighted by molar-refractivity contribution is 6.13. The van der Waals surface area contributed by atoms with Crippen molar-refractivity contribution in [3.8, 4) is 6.07 Å². The summed E-state index contributed by atoms with van der Waals surface area (Å²) >= 11 is 0. The molecule has 0 saturated heterocycles. The standard InChI is InChI=1S/C24H22N2/c25-19-23(18-10-13-20-11-4-1-5-12-20)26-24(21-14-6-2-7-15-21)22-16-8-3-9-17-22/h1-9,11-12,14-17,23H,10,13,18H2. The van der Waals surface area contributed by atoms with Crippen LogP contribution in [0.1, 0.15) is 29.5 Å². The number of nitrogens with zero attached hydrogens (tertiary/aromatic N) is 2. The van der Waals surface area contributed by atoms with Gasteiger partial charge in [-0.15, -0.1) is 0 Å². The first kappa shape index (κ1) is 17.6. The fraction of sp³-hybridized carbons (Fsp3) is 0.167. The second kappa shape index (κ2) is 9.34. The second-order valence-electron chi connectivity index (χ2n) is 6.23. The molecule has 0 aromatic heterocycles. The van der Waals surface area contributed by atoms with Crippen molar-refractivity contribution >= 4 is 5.71 Å². The van der Waals surface area contributed by atoms with E-state index in [9.17, 15) is 5.26 Å². The highest BCUT2D eigenvalue weighted by Gasteiger charge is 2.11. The molecule has 0 spiro atoms. The number of benzene rings is 3. The maximum Gasteiger partial charge on any atom is 0.137 e. The van der Waals surface area contributed by atoms with Crippen LogP contribution in [-0.4, -0.2) is 11.8 Å². The molecule has 2 nitrogen and oxygen atoms in total. The van der Waals surface area contributed by atoms with Gasteiger partial charge in [-0.05, 0) is 24.8 Å². The van der Waals surface area contributed by atoms with E-state index in [0.29, 0.717) is 0 Å². The first-order chi connectivity index (χ1) is 12.9. The zero-order valence-corrected chi connectivity index (χ0v) is 14.8. The number of hydrogen-bond acceptors (Lipinski definition) is 2. The Labute approximate surface area is 155 Å². The lowest BCUT2D eigenvalue weighted by Gasteiger charge is -2.11. The van der Waals surface area contributed by atoms with Crippen molar-refractivity contribution in [2.75, 3.05) is 0 Å². The van der Waals surface area contributed by atoms with E-state index in [2.05, 4.69) is 30.3 Å². The van der Waals surface area contributed by atoms with Crippen LogP contribution in [0.5, 0.6) is 0 Å². The van der Waals surface area contributed by atoms with Crippen LogP contribution in [0.4, 0.5) is 0 Å². The van der Waals surface area contributed by atoms with Crippen LogP contribution >= 0.6 is 0 Å². The van der Waals surface area contributed by atoms with Crippen LogP contribution < -0.4 is 0 Å². The molecule has 0 aliphatic carbocycles. The van der Waals surface area contributed by atoms with Gasteiger partial charge in [0.05, 0.1) is 11.8 Å². The molecule has 0 N–H and O–H groups in total. The van der Waals surface area contributed by atoms with Gasteiger partial charge in [-0.1, -0.05) is 91.0 Å². The molecule has 0 fully saturated rings. The largest absolute Gasteiger partial charge is 0.266 e. The quantitative estimate of drug-likeness (QED) is 0.528. The van der Waals surface area contributed by atoms with Gasteiger partial charge >= 0.3 is 0 Å². The third-order valence-electron chi connectivity index (χ3n) is 4.31. The van der Waals surface area contributed by atoms with Crippen molar-refractivity contribution < 1.29 is 0 Å². The molecule has 0 heterocycles. The summed E-state index contributed by atoms with van der Waals surface area (Å²) in [5.41, 5.74) is 4.28. The van der Waals surface area contributed by atoms with Crippen LogP contribution in [0.2, 0.25) is 0 Å². The SMILES string of the molecule is N#CC(CCCc1ccccc1)N=C(c1ccccc1)c1ccccc1. The third-order valence-corrected chi connectivity index (χ3v) is 4.31. The van der Waals surface area contributed by atoms with E-state index in [-0.39, 0.29) is 6.04 Å². The van der Waals surface area contributed by atoms with Crippen molar-refractivity contribution in [1.82, 2.24) is 0 Å². The maximum atomic E-state index is 9.61. The number of nitriles is 1. The Morgan fingerprint density at radius 1 is 0.769 bits per heavy atom. The summed E-state index contributed by atoms with van der Waals surface area (Å²) in [5.74, 6) is 0. The molecule has 0 aliphatic heterocycles. The summed E-state index contributed by atoms with van der Waals surface area (Å²) in [7, 11) is 0. The molecule has 2 heteroatoms. The first-order valence-corrected chi connectivity index (χ1v) is 8.99. The van der Waals surface area contributed by atoms with Crippen LogP contribution in [0.3, 0.4) is 0 Å². The summed E-state index contributed by atoms with van der Waals surface area (Å²) in [5, 5.41) is 9.61. The minimum atomic E-state index is -0.339. The van der Waals surface area contributed by atoms with Gasteiger partial charge in [-0.3, -0.25) is 4.99 Å². The molecule has 0 saturated carbocycles. The van der Waals surface area contributed by atoms with Crippen LogP contribution in [0.25, 0.3) is 0 Å². The van der Waals surface area contributed by atoms with Crippen molar-refractivity contribution in [2.24, 2.45) is 4.99 Å². The predicted molar refractivity (Wildman–Crippen MR) is 107 cm³/mol. The third kappa shape index (κ3) is 4.91. The lowest BCUT2D eigenvalue weighted by Crippen LogP contribution is -2.10. The van der Waals surface area contributed by atoms with Gasteiger partial charge in [-0.25, -0.2) is 0 Å². The summed E-state index contributed by atoms with van der Waals surface area (Å²) in [4.78, 5) is 4.82. The smallest absolute Gasteiger partial charge is 0.137 e. The van der Waals surface area contributed by atoms with E-state index in [1.54, 1.807) is 0 Å². The fourth-order valence-electron chi connectivity index (χ4n) is 2.97. The molecular formula is C24H22N2. The minimum Gasteiger partial charge on any atom is -0.266 e. The Bertz CT molecular complexity index is 821. The minimum absolute atomic E-state index is 0.339. The van der Waals surface area contributed by atoms with Gasteiger partial charge in [0.1, 0.15) is 6.04 Å². The number of rotatable bonds is 7. The highest BCUT2D eigenvalue weighted by atomic mass is 14.8. The average Bonchev–Trinajstić information content (AvgIpc) is 2.72. The predicted octanol–water partition coefficient (Wildman–Crippen LogP) is 5.44. The second-order valence-corrected chi connectivity index (χ2v) is 6.23. The van der Waals surface area contributed by atoms with Gasteiger partial charge in [-0.2, -0.15) is 5.26 Å². The molecule has 0 aliphatic rings. The fourth-order valence-corrected chi connectivity index (χ4v) is 2.97. The number of aliphatic imine (C=N–C) groups is 1. The van der Waals surface area contributed by atoms with Crippen LogP contribution in [0.15, 0.2) is 96.0 Å². The van der Waals surface area contributed by atoms with Gasteiger partial charge in [0, 0.05) is 11.1 Å². The molecule has 3 aromatic carbocycles. The Kier molecular flexibility index (Phi) is 6.34. The van der Waals surface area contributed by atoms with Gasteiger partial charge in [0.15, 0.2) is 0 Å². The van der Waals surface area contributed by atoms with Crippen molar-refractivity contribution in [1.29, 1.82) is 5.26 Å². The first-order valence-electron chi connectivity index (χ1n) is 8.99. The van der Waals surface area contributed by atoms with Gasteiger partial charge in [0.25, 0.3) is 0 Å². The molecule has 128 valence electrons. The zero-order valence-electron chi connectivity index (χ0n) is 14.8. The summed E-state index contributed by atoms with van der Waals surface area (Å²) in [6.07, 6.45) is 2.68. The zero-order chi connectivity index (χ0) is 18.0. The molecule has 1 unspecified atom stereocenters. The Hall–Kier alpha value is -3.18. The van der Waals surface area contributed by atoms with E-state index in [0.717, 1.165) is 36.1 Å². The molecule has 0 amide bonds. The molecule has 1 atom stereocenters. The normalized spacial score (nSPS) is 11.3. The molecule has 3 aromatic rings. The highest BCUT2D eigenvalue weighted by Crippen LogP contribution is 2.15. The topological polar surface area (TPSA) is 36.1 Å². The molecule has 3 rings (SSSR count). The monoisotopic (exact) mass is 338 g/mol. The Morgan fingerprint density at radius 2 is 1.27 bits per heavy atom. The number of aryl methyl sites for hydroxylation is 1. The van der Waals surface area contributed by atoms with Crippen molar-refractivity contribution in [3.05, 3.63) is 108 Å². The lowest BCUT2D eigenvalue weighted by atomic mass is 10.0. The van der Waals surface area contributed by atoms with Crippen LogP contribution in [0, 0.1) is 11.3 Å². The summed E-state index contributed by atoms with van der Waals surface area (Å²) < 4.78 is 0. The van der Waals surface area contributed by atoms with E-state index in [1.165, 1.54) is 5.56 Å². The van der Waals surface area contributed by atoms with E-state index in [1.807, 2.05) is 66.7 Å². The molecule has 0 radical (unpaired) electrons. The van der Waals surface area contributed by atoms with E-state index >= 15 is 0 Å².